The number of halogens is 1. The van der Waals surface area contributed by atoms with Gasteiger partial charge in [-0.25, -0.2) is 4.98 Å². The van der Waals surface area contributed by atoms with Gasteiger partial charge >= 0.3 is 0 Å². The minimum atomic E-state index is -0.248. The summed E-state index contributed by atoms with van der Waals surface area (Å²) in [6.07, 6.45) is 1.68. The van der Waals surface area contributed by atoms with E-state index in [1.807, 2.05) is 6.07 Å². The standard InChI is InChI=1S/C10H10ClN3O/c1-7(4-5-12)14-10(15)8-2-3-9(11)13-6-8/h2-3,6-7H,4H2,1H3,(H,14,15). The highest BCUT2D eigenvalue weighted by molar-refractivity contribution is 6.29. The third kappa shape index (κ3) is 3.56. The molecule has 0 spiro atoms. The minimum Gasteiger partial charge on any atom is -0.349 e. The van der Waals surface area contributed by atoms with Crippen LogP contribution in [0.3, 0.4) is 0 Å². The van der Waals surface area contributed by atoms with Crippen LogP contribution in [0.1, 0.15) is 23.7 Å². The van der Waals surface area contributed by atoms with Gasteiger partial charge in [-0.2, -0.15) is 5.26 Å². The van der Waals surface area contributed by atoms with Gasteiger partial charge in [0.25, 0.3) is 5.91 Å². The van der Waals surface area contributed by atoms with Gasteiger partial charge < -0.3 is 5.32 Å². The van der Waals surface area contributed by atoms with Gasteiger partial charge in [-0.1, -0.05) is 11.6 Å². The molecule has 1 heterocycles. The Hall–Kier alpha value is -1.60. The SMILES string of the molecule is CC(CC#N)NC(=O)c1ccc(Cl)nc1. The fourth-order valence-electron chi connectivity index (χ4n) is 1.01. The van der Waals surface area contributed by atoms with E-state index in [2.05, 4.69) is 10.3 Å². The highest BCUT2D eigenvalue weighted by Crippen LogP contribution is 2.05. The second kappa shape index (κ2) is 5.32. The smallest absolute Gasteiger partial charge is 0.253 e. The van der Waals surface area contributed by atoms with Gasteiger partial charge in [-0.15, -0.1) is 0 Å². The van der Waals surface area contributed by atoms with E-state index < -0.39 is 0 Å². The van der Waals surface area contributed by atoms with Crippen LogP contribution in [-0.4, -0.2) is 16.9 Å². The molecule has 5 heteroatoms. The first kappa shape index (κ1) is 11.5. The average molecular weight is 224 g/mol. The second-order valence-electron chi connectivity index (χ2n) is 3.11. The zero-order valence-electron chi connectivity index (χ0n) is 8.20. The van der Waals surface area contributed by atoms with Crippen molar-refractivity contribution < 1.29 is 4.79 Å². The van der Waals surface area contributed by atoms with Crippen molar-refractivity contribution in [3.8, 4) is 6.07 Å². The molecule has 1 aromatic rings. The first-order chi connectivity index (χ1) is 7.13. The molecule has 15 heavy (non-hydrogen) atoms. The van der Waals surface area contributed by atoms with E-state index in [-0.39, 0.29) is 18.4 Å². The zero-order chi connectivity index (χ0) is 11.3. The molecule has 1 N–H and O–H groups in total. The lowest BCUT2D eigenvalue weighted by atomic mass is 10.2. The molecule has 1 aromatic heterocycles. The van der Waals surface area contributed by atoms with Gasteiger partial charge in [0.1, 0.15) is 5.15 Å². The van der Waals surface area contributed by atoms with Crippen LogP contribution in [0, 0.1) is 11.3 Å². The third-order valence-corrected chi connectivity index (χ3v) is 1.99. The van der Waals surface area contributed by atoms with E-state index in [0.29, 0.717) is 10.7 Å². The van der Waals surface area contributed by atoms with Crippen molar-refractivity contribution in [1.29, 1.82) is 5.26 Å². The largest absolute Gasteiger partial charge is 0.349 e. The van der Waals surface area contributed by atoms with Crippen LogP contribution in [-0.2, 0) is 0 Å². The lowest BCUT2D eigenvalue weighted by molar-refractivity contribution is 0.0940. The summed E-state index contributed by atoms with van der Waals surface area (Å²) in [6.45, 7) is 1.77. The predicted molar refractivity (Wildman–Crippen MR) is 56.4 cm³/mol. The molecule has 1 amide bonds. The molecule has 0 aromatic carbocycles. The molecule has 0 bridgehead atoms. The van der Waals surface area contributed by atoms with Gasteiger partial charge in [0.2, 0.25) is 0 Å². The van der Waals surface area contributed by atoms with Gasteiger partial charge in [0.05, 0.1) is 18.1 Å². The highest BCUT2D eigenvalue weighted by atomic mass is 35.5. The Labute approximate surface area is 92.9 Å². The number of nitriles is 1. The zero-order valence-corrected chi connectivity index (χ0v) is 8.95. The molecule has 0 saturated heterocycles. The molecule has 1 rings (SSSR count). The Bertz CT molecular complexity index is 383. The van der Waals surface area contributed by atoms with Crippen molar-refractivity contribution in [3.05, 3.63) is 29.0 Å². The monoisotopic (exact) mass is 223 g/mol. The molecule has 1 atom stereocenters. The maximum Gasteiger partial charge on any atom is 0.253 e. The summed E-state index contributed by atoms with van der Waals surface area (Å²) in [6, 6.07) is 4.95. The van der Waals surface area contributed by atoms with Crippen LogP contribution in [0.15, 0.2) is 18.3 Å². The van der Waals surface area contributed by atoms with Crippen molar-refractivity contribution in [1.82, 2.24) is 10.3 Å². The van der Waals surface area contributed by atoms with E-state index in [4.69, 9.17) is 16.9 Å². The first-order valence-electron chi connectivity index (χ1n) is 4.43. The maximum atomic E-state index is 11.5. The molecule has 78 valence electrons. The third-order valence-electron chi connectivity index (χ3n) is 1.76. The molecule has 0 aliphatic carbocycles. The molecule has 4 nitrogen and oxygen atoms in total. The summed E-state index contributed by atoms with van der Waals surface area (Å²) < 4.78 is 0. The normalized spacial score (nSPS) is 11.5. The van der Waals surface area contributed by atoms with Crippen LogP contribution in [0.4, 0.5) is 0 Å². The van der Waals surface area contributed by atoms with Crippen LogP contribution in [0.5, 0.6) is 0 Å². The average Bonchev–Trinajstić information content (AvgIpc) is 2.18. The number of aromatic nitrogens is 1. The fraction of sp³-hybridized carbons (Fsp3) is 0.300. The van der Waals surface area contributed by atoms with E-state index in [9.17, 15) is 4.79 Å². The van der Waals surface area contributed by atoms with Crippen LogP contribution >= 0.6 is 11.6 Å². The molecule has 0 radical (unpaired) electrons. The van der Waals surface area contributed by atoms with Gasteiger partial charge in [0, 0.05) is 12.2 Å². The van der Waals surface area contributed by atoms with Crippen molar-refractivity contribution in [3.63, 3.8) is 0 Å². The minimum absolute atomic E-state index is 0.168. The summed E-state index contributed by atoms with van der Waals surface area (Å²) in [7, 11) is 0. The molecule has 1 unspecified atom stereocenters. The molecule has 0 fully saturated rings. The van der Waals surface area contributed by atoms with Crippen molar-refractivity contribution in [2.75, 3.05) is 0 Å². The molecular weight excluding hydrogens is 214 g/mol. The van der Waals surface area contributed by atoms with Crippen LogP contribution in [0.25, 0.3) is 0 Å². The lowest BCUT2D eigenvalue weighted by Crippen LogP contribution is -2.32. The van der Waals surface area contributed by atoms with Crippen LogP contribution in [0.2, 0.25) is 5.15 Å². The number of hydrogen-bond donors (Lipinski definition) is 1. The number of carbonyl (C=O) groups excluding carboxylic acids is 1. The Morgan fingerprint density at radius 2 is 2.47 bits per heavy atom. The quantitative estimate of drug-likeness (QED) is 0.795. The Balaban J connectivity index is 2.62. The van der Waals surface area contributed by atoms with Gasteiger partial charge in [-0.3, -0.25) is 4.79 Å². The number of amides is 1. The molecule has 0 saturated carbocycles. The number of nitrogens with zero attached hydrogens (tertiary/aromatic N) is 2. The number of hydrogen-bond acceptors (Lipinski definition) is 3. The van der Waals surface area contributed by atoms with Crippen molar-refractivity contribution in [2.24, 2.45) is 0 Å². The van der Waals surface area contributed by atoms with Gasteiger partial charge in [-0.05, 0) is 19.1 Å². The Kier molecular flexibility index (Phi) is 4.07. The molecule has 0 aliphatic heterocycles. The van der Waals surface area contributed by atoms with E-state index in [1.54, 1.807) is 19.1 Å². The lowest BCUT2D eigenvalue weighted by Gasteiger charge is -2.09. The number of pyridine rings is 1. The number of nitrogens with one attached hydrogen (secondary N) is 1. The number of rotatable bonds is 3. The molecular formula is C10H10ClN3O. The van der Waals surface area contributed by atoms with Crippen molar-refractivity contribution in [2.45, 2.75) is 19.4 Å². The van der Waals surface area contributed by atoms with E-state index in [1.165, 1.54) is 6.20 Å². The maximum absolute atomic E-state index is 11.5. The summed E-state index contributed by atoms with van der Waals surface area (Å²) in [4.78, 5) is 15.3. The number of carbonyl (C=O) groups is 1. The first-order valence-corrected chi connectivity index (χ1v) is 4.80. The summed E-state index contributed by atoms with van der Waals surface area (Å²) in [5.74, 6) is -0.248. The van der Waals surface area contributed by atoms with Crippen molar-refractivity contribution >= 4 is 17.5 Å². The van der Waals surface area contributed by atoms with Gasteiger partial charge in [0.15, 0.2) is 0 Å². The fourth-order valence-corrected chi connectivity index (χ4v) is 1.12. The Morgan fingerprint density at radius 1 is 1.73 bits per heavy atom. The molecule has 0 aliphatic rings. The summed E-state index contributed by atoms with van der Waals surface area (Å²) in [5, 5.41) is 11.4. The van der Waals surface area contributed by atoms with Crippen LogP contribution < -0.4 is 5.32 Å². The Morgan fingerprint density at radius 3 is 3.00 bits per heavy atom. The van der Waals surface area contributed by atoms with E-state index in [0.717, 1.165) is 0 Å². The predicted octanol–water partition coefficient (Wildman–Crippen LogP) is 1.77. The summed E-state index contributed by atoms with van der Waals surface area (Å²) in [5.41, 5.74) is 0.434. The summed E-state index contributed by atoms with van der Waals surface area (Å²) >= 11 is 5.59. The highest BCUT2D eigenvalue weighted by Gasteiger charge is 2.09. The van der Waals surface area contributed by atoms with E-state index >= 15 is 0 Å². The second-order valence-corrected chi connectivity index (χ2v) is 3.49. The topological polar surface area (TPSA) is 65.8 Å².